The van der Waals surface area contributed by atoms with Crippen molar-refractivity contribution in [2.45, 2.75) is 24.6 Å². The van der Waals surface area contributed by atoms with Gasteiger partial charge in [-0.3, -0.25) is 9.78 Å². The number of ketones is 1. The minimum Gasteiger partial charge on any atom is -0.345 e. The first-order chi connectivity index (χ1) is 13.4. The third-order valence-electron chi connectivity index (χ3n) is 4.68. The number of rotatable bonds is 5. The van der Waals surface area contributed by atoms with Gasteiger partial charge in [0.2, 0.25) is 5.95 Å². The molecule has 1 saturated carbocycles. The Hall–Kier alpha value is -3.29. The summed E-state index contributed by atoms with van der Waals surface area (Å²) in [6.07, 6.45) is 3.43. The Kier molecular flexibility index (Phi) is 4.33. The molecule has 2 aromatic heterocycles. The zero-order valence-corrected chi connectivity index (χ0v) is 14.6. The van der Waals surface area contributed by atoms with E-state index in [0.717, 1.165) is 30.5 Å². The van der Waals surface area contributed by atoms with Gasteiger partial charge in [-0.15, -0.1) is 0 Å². The first-order valence-electron chi connectivity index (χ1n) is 8.60. The van der Waals surface area contributed by atoms with Gasteiger partial charge >= 0.3 is 6.18 Å². The lowest BCUT2D eigenvalue weighted by molar-refractivity contribution is -0.137. The molecule has 2 heterocycles. The van der Waals surface area contributed by atoms with Crippen molar-refractivity contribution in [3.63, 3.8) is 0 Å². The molecule has 1 N–H and O–H groups in total. The fourth-order valence-electron chi connectivity index (χ4n) is 2.98. The van der Waals surface area contributed by atoms with E-state index < -0.39 is 17.5 Å². The van der Waals surface area contributed by atoms with Crippen LogP contribution in [-0.4, -0.2) is 20.7 Å². The minimum atomic E-state index is -4.51. The molecule has 0 amide bonds. The van der Waals surface area contributed by atoms with E-state index in [2.05, 4.69) is 20.3 Å². The van der Waals surface area contributed by atoms with E-state index >= 15 is 0 Å². The summed E-state index contributed by atoms with van der Waals surface area (Å²) in [7, 11) is 0. The van der Waals surface area contributed by atoms with Gasteiger partial charge in [0, 0.05) is 30.4 Å². The Morgan fingerprint density at radius 1 is 1.00 bits per heavy atom. The fraction of sp³-hybridized carbons (Fsp3) is 0.200. The Bertz CT molecular complexity index is 1000. The highest BCUT2D eigenvalue weighted by Crippen LogP contribution is 2.47. The summed E-state index contributed by atoms with van der Waals surface area (Å²) in [6.45, 7) is 0. The van der Waals surface area contributed by atoms with Crippen molar-refractivity contribution in [3.05, 3.63) is 83.4 Å². The van der Waals surface area contributed by atoms with Gasteiger partial charge in [0.25, 0.3) is 0 Å². The molecule has 0 aliphatic heterocycles. The monoisotopic (exact) mass is 384 g/mol. The van der Waals surface area contributed by atoms with E-state index in [4.69, 9.17) is 0 Å². The summed E-state index contributed by atoms with van der Waals surface area (Å²) in [5, 5.41) is 3.26. The van der Waals surface area contributed by atoms with E-state index in [9.17, 15) is 18.0 Å². The first-order valence-corrected chi connectivity index (χ1v) is 8.60. The van der Waals surface area contributed by atoms with Gasteiger partial charge in [0.15, 0.2) is 5.78 Å². The van der Waals surface area contributed by atoms with Crippen LogP contribution in [0.3, 0.4) is 0 Å². The SMILES string of the molecule is O=C(c1cnc(NC2(c3cccnc3)CC2)nc1)c1cccc(C(F)(F)F)c1. The molecule has 0 saturated heterocycles. The quantitative estimate of drug-likeness (QED) is 0.667. The van der Waals surface area contributed by atoms with Gasteiger partial charge in [0.05, 0.1) is 16.7 Å². The fourth-order valence-corrected chi connectivity index (χ4v) is 2.98. The summed E-state index contributed by atoms with van der Waals surface area (Å²) in [5.41, 5.74) is -0.0439. The van der Waals surface area contributed by atoms with Crippen LogP contribution in [0.25, 0.3) is 0 Å². The third kappa shape index (κ3) is 3.58. The number of carbonyl (C=O) groups excluding carboxylic acids is 1. The maximum Gasteiger partial charge on any atom is 0.416 e. The van der Waals surface area contributed by atoms with Crippen LogP contribution in [0.4, 0.5) is 19.1 Å². The number of aromatic nitrogens is 3. The third-order valence-corrected chi connectivity index (χ3v) is 4.68. The molecule has 1 aliphatic rings. The standard InChI is InChI=1S/C20H15F3N4O/c21-20(22,23)15-4-1-3-13(9-15)17(28)14-10-25-18(26-11-14)27-19(6-7-19)16-5-2-8-24-12-16/h1-5,8-12H,6-7H2,(H,25,26,27). The van der Waals surface area contributed by atoms with E-state index in [0.29, 0.717) is 5.95 Å². The summed E-state index contributed by atoms with van der Waals surface area (Å²) < 4.78 is 38.5. The molecule has 4 rings (SSSR count). The Balaban J connectivity index is 1.52. The van der Waals surface area contributed by atoms with Crippen molar-refractivity contribution in [3.8, 4) is 0 Å². The molecule has 5 nitrogen and oxygen atoms in total. The number of benzene rings is 1. The normalized spacial score (nSPS) is 15.1. The molecule has 0 atom stereocenters. The number of carbonyl (C=O) groups is 1. The Labute approximate surface area is 158 Å². The zero-order chi connectivity index (χ0) is 19.8. The predicted octanol–water partition coefficient (Wildman–Crippen LogP) is 4.22. The molecule has 1 aliphatic carbocycles. The maximum absolute atomic E-state index is 12.8. The van der Waals surface area contributed by atoms with Crippen molar-refractivity contribution < 1.29 is 18.0 Å². The summed E-state index contributed by atoms with van der Waals surface area (Å²) in [6, 6.07) is 8.13. The highest BCUT2D eigenvalue weighted by molar-refractivity contribution is 6.08. The van der Waals surface area contributed by atoms with Crippen molar-refractivity contribution in [1.82, 2.24) is 15.0 Å². The number of halogens is 3. The molecule has 0 spiro atoms. The van der Waals surface area contributed by atoms with Crippen LogP contribution in [-0.2, 0) is 11.7 Å². The topological polar surface area (TPSA) is 67.8 Å². The van der Waals surface area contributed by atoms with E-state index in [1.807, 2.05) is 12.1 Å². The Morgan fingerprint density at radius 3 is 2.36 bits per heavy atom. The molecule has 8 heteroatoms. The van der Waals surface area contributed by atoms with Crippen LogP contribution >= 0.6 is 0 Å². The van der Waals surface area contributed by atoms with Crippen LogP contribution < -0.4 is 5.32 Å². The molecule has 142 valence electrons. The second-order valence-electron chi connectivity index (χ2n) is 6.65. The Morgan fingerprint density at radius 2 is 1.75 bits per heavy atom. The van der Waals surface area contributed by atoms with Crippen molar-refractivity contribution in [1.29, 1.82) is 0 Å². The second kappa shape index (κ2) is 6.70. The summed E-state index contributed by atoms with van der Waals surface area (Å²) >= 11 is 0. The van der Waals surface area contributed by atoms with Gasteiger partial charge in [-0.05, 0) is 36.6 Å². The number of hydrogen-bond donors (Lipinski definition) is 1. The second-order valence-corrected chi connectivity index (χ2v) is 6.65. The van der Waals surface area contributed by atoms with Crippen LogP contribution in [0.15, 0.2) is 61.2 Å². The molecule has 1 fully saturated rings. The van der Waals surface area contributed by atoms with Gasteiger partial charge in [0.1, 0.15) is 0 Å². The number of anilines is 1. The maximum atomic E-state index is 12.8. The largest absolute Gasteiger partial charge is 0.416 e. The minimum absolute atomic E-state index is 0.0619. The lowest BCUT2D eigenvalue weighted by Gasteiger charge is -2.17. The average molecular weight is 384 g/mol. The number of hydrogen-bond acceptors (Lipinski definition) is 5. The lowest BCUT2D eigenvalue weighted by atomic mass is 10.0. The molecular formula is C20H15F3N4O. The average Bonchev–Trinajstić information content (AvgIpc) is 3.49. The molecule has 0 bridgehead atoms. The first kappa shape index (κ1) is 18.1. The number of nitrogens with one attached hydrogen (secondary N) is 1. The molecule has 28 heavy (non-hydrogen) atoms. The van der Waals surface area contributed by atoms with E-state index in [1.54, 1.807) is 12.4 Å². The van der Waals surface area contributed by atoms with Gasteiger partial charge < -0.3 is 5.32 Å². The zero-order valence-electron chi connectivity index (χ0n) is 14.6. The summed E-state index contributed by atoms with van der Waals surface area (Å²) in [5.74, 6) is -0.215. The van der Waals surface area contributed by atoms with E-state index in [1.165, 1.54) is 24.5 Å². The van der Waals surface area contributed by atoms with Crippen LogP contribution in [0.2, 0.25) is 0 Å². The lowest BCUT2D eigenvalue weighted by Crippen LogP contribution is -2.20. The molecular weight excluding hydrogens is 369 g/mol. The van der Waals surface area contributed by atoms with Gasteiger partial charge in [-0.2, -0.15) is 13.2 Å². The highest BCUT2D eigenvalue weighted by atomic mass is 19.4. The number of nitrogens with zero attached hydrogens (tertiary/aromatic N) is 3. The number of alkyl halides is 3. The molecule has 0 unspecified atom stereocenters. The van der Waals surface area contributed by atoms with Crippen molar-refractivity contribution in [2.75, 3.05) is 5.32 Å². The van der Waals surface area contributed by atoms with Crippen LogP contribution in [0.1, 0.15) is 39.9 Å². The predicted molar refractivity (Wildman–Crippen MR) is 95.7 cm³/mol. The van der Waals surface area contributed by atoms with Gasteiger partial charge in [-0.1, -0.05) is 18.2 Å². The summed E-state index contributed by atoms with van der Waals surface area (Å²) in [4.78, 5) is 24.9. The van der Waals surface area contributed by atoms with Crippen molar-refractivity contribution in [2.24, 2.45) is 0 Å². The molecule has 0 radical (unpaired) electrons. The van der Waals surface area contributed by atoms with Crippen molar-refractivity contribution >= 4 is 11.7 Å². The van der Waals surface area contributed by atoms with Gasteiger partial charge in [-0.25, -0.2) is 9.97 Å². The smallest absolute Gasteiger partial charge is 0.345 e. The van der Waals surface area contributed by atoms with E-state index in [-0.39, 0.29) is 16.7 Å². The number of pyridine rings is 1. The molecule has 3 aromatic rings. The van der Waals surface area contributed by atoms with Crippen LogP contribution in [0.5, 0.6) is 0 Å². The van der Waals surface area contributed by atoms with Crippen LogP contribution in [0, 0.1) is 0 Å². The highest BCUT2D eigenvalue weighted by Gasteiger charge is 2.45. The molecule has 1 aromatic carbocycles.